The summed E-state index contributed by atoms with van der Waals surface area (Å²) in [5.41, 5.74) is 1.22. The molecule has 1 aliphatic carbocycles. The summed E-state index contributed by atoms with van der Waals surface area (Å²) in [4.78, 5) is 11.4. The first-order valence-electron chi connectivity index (χ1n) is 11.5. The Balaban J connectivity index is 1.70. The van der Waals surface area contributed by atoms with Crippen molar-refractivity contribution in [2.75, 3.05) is 6.61 Å². The lowest BCUT2D eigenvalue weighted by molar-refractivity contribution is -0.142. The molecule has 1 aromatic rings. The van der Waals surface area contributed by atoms with Gasteiger partial charge in [0.25, 0.3) is 0 Å². The molecule has 5 nitrogen and oxygen atoms in total. The average Bonchev–Trinajstić information content (AvgIpc) is 3.04. The predicted octanol–water partition coefficient (Wildman–Crippen LogP) is 3.96. The van der Waals surface area contributed by atoms with Crippen molar-refractivity contribution >= 4 is 5.97 Å². The molecule has 5 heteroatoms. The number of aryl methyl sites for hydroxylation is 1. The molecule has 2 unspecified atom stereocenters. The monoisotopic (exact) mass is 430 g/mol. The number of aliphatic hydroxyl groups is 3. The van der Waals surface area contributed by atoms with E-state index in [1.165, 1.54) is 5.56 Å². The van der Waals surface area contributed by atoms with Gasteiger partial charge in [0.15, 0.2) is 0 Å². The third-order valence-corrected chi connectivity index (χ3v) is 6.15. The van der Waals surface area contributed by atoms with E-state index in [1.54, 1.807) is 6.08 Å². The number of ether oxygens (including phenoxy) is 1. The molecule has 0 saturated heterocycles. The fourth-order valence-corrected chi connectivity index (χ4v) is 4.37. The van der Waals surface area contributed by atoms with Crippen LogP contribution in [0.3, 0.4) is 0 Å². The van der Waals surface area contributed by atoms with E-state index < -0.39 is 18.3 Å². The number of aliphatic hydroxyl groups excluding tert-OH is 3. The van der Waals surface area contributed by atoms with Crippen molar-refractivity contribution in [2.45, 2.75) is 76.1 Å². The Morgan fingerprint density at radius 2 is 1.87 bits per heavy atom. The van der Waals surface area contributed by atoms with Crippen LogP contribution in [0.5, 0.6) is 0 Å². The van der Waals surface area contributed by atoms with Crippen LogP contribution in [0, 0.1) is 11.8 Å². The van der Waals surface area contributed by atoms with E-state index in [2.05, 4.69) is 18.7 Å². The van der Waals surface area contributed by atoms with Crippen LogP contribution >= 0.6 is 0 Å². The Labute approximate surface area is 186 Å². The first-order chi connectivity index (χ1) is 15.0. The molecule has 1 saturated carbocycles. The number of carbonyl (C=O) groups is 1. The molecule has 1 aliphatic rings. The minimum atomic E-state index is -0.519. The van der Waals surface area contributed by atoms with Gasteiger partial charge in [-0.05, 0) is 68.8 Å². The van der Waals surface area contributed by atoms with Gasteiger partial charge in [-0.3, -0.25) is 4.79 Å². The number of rotatable bonds is 14. The molecule has 0 spiro atoms. The zero-order chi connectivity index (χ0) is 22.5. The molecule has 2 rings (SSSR count). The van der Waals surface area contributed by atoms with Crippen molar-refractivity contribution in [3.8, 4) is 0 Å². The van der Waals surface area contributed by atoms with Gasteiger partial charge in [-0.25, -0.2) is 0 Å². The van der Waals surface area contributed by atoms with Crippen LogP contribution in [0.2, 0.25) is 0 Å². The number of esters is 1. The third kappa shape index (κ3) is 9.38. The summed E-state index contributed by atoms with van der Waals surface area (Å²) in [6.07, 6.45) is 10.1. The molecule has 1 fully saturated rings. The Morgan fingerprint density at radius 1 is 1.13 bits per heavy atom. The Morgan fingerprint density at radius 3 is 2.61 bits per heavy atom. The molecular weight excluding hydrogens is 392 g/mol. The Bertz CT molecular complexity index is 672. The fourth-order valence-electron chi connectivity index (χ4n) is 4.37. The number of allylic oxidation sites excluding steroid dienone is 2. The summed E-state index contributed by atoms with van der Waals surface area (Å²) in [7, 11) is 0. The van der Waals surface area contributed by atoms with Crippen molar-refractivity contribution in [1.82, 2.24) is 0 Å². The normalized spacial score (nSPS) is 24.4. The van der Waals surface area contributed by atoms with E-state index in [-0.39, 0.29) is 24.4 Å². The maximum absolute atomic E-state index is 11.4. The van der Waals surface area contributed by atoms with Crippen LogP contribution in [0.25, 0.3) is 0 Å². The number of carbonyl (C=O) groups excluding carboxylic acids is 1. The second-order valence-electron chi connectivity index (χ2n) is 8.52. The van der Waals surface area contributed by atoms with E-state index in [4.69, 9.17) is 4.74 Å². The number of unbranched alkanes of at least 4 members (excludes halogenated alkanes) is 1. The molecule has 0 radical (unpaired) electrons. The third-order valence-electron chi connectivity index (χ3n) is 6.15. The van der Waals surface area contributed by atoms with Crippen LogP contribution in [-0.4, -0.2) is 46.2 Å². The zero-order valence-electron chi connectivity index (χ0n) is 18.4. The standard InChI is InChI=1S/C26H38O5/c1-2-18-31-26(30)13-9-4-3-8-12-22-23(25(29)19-24(22)28)17-16-21(27)15-14-20-10-6-5-7-11-20/h2-3,5-8,10-11,21-25,27-29H,1,4,9,12-19H2/b8-3-/t21-,22+,23+,24?,25?/m0/s1. The van der Waals surface area contributed by atoms with Gasteiger partial charge < -0.3 is 20.1 Å². The van der Waals surface area contributed by atoms with Gasteiger partial charge in [-0.2, -0.15) is 0 Å². The molecule has 1 aromatic carbocycles. The average molecular weight is 431 g/mol. The molecule has 172 valence electrons. The Hall–Kier alpha value is -1.95. The van der Waals surface area contributed by atoms with E-state index >= 15 is 0 Å². The van der Waals surface area contributed by atoms with Crippen molar-refractivity contribution in [1.29, 1.82) is 0 Å². The van der Waals surface area contributed by atoms with Gasteiger partial charge in [0.2, 0.25) is 0 Å². The quantitative estimate of drug-likeness (QED) is 0.236. The summed E-state index contributed by atoms with van der Waals surface area (Å²) in [6, 6.07) is 10.1. The van der Waals surface area contributed by atoms with Crippen molar-refractivity contribution in [3.05, 3.63) is 60.7 Å². The van der Waals surface area contributed by atoms with Crippen LogP contribution < -0.4 is 0 Å². The molecule has 0 amide bonds. The van der Waals surface area contributed by atoms with Crippen LogP contribution in [-0.2, 0) is 16.0 Å². The zero-order valence-corrected chi connectivity index (χ0v) is 18.4. The fraction of sp³-hybridized carbons (Fsp3) is 0.577. The smallest absolute Gasteiger partial charge is 0.306 e. The van der Waals surface area contributed by atoms with Gasteiger partial charge in [0.1, 0.15) is 6.61 Å². The van der Waals surface area contributed by atoms with Crippen molar-refractivity contribution in [2.24, 2.45) is 11.8 Å². The maximum atomic E-state index is 11.4. The number of hydrogen-bond acceptors (Lipinski definition) is 5. The first kappa shape index (κ1) is 25.3. The molecule has 0 heterocycles. The SMILES string of the molecule is C=CCOC(=O)CCC/C=C\C[C@H]1C(O)CC(O)[C@@H]1CC[C@@H](O)CCc1ccccc1. The van der Waals surface area contributed by atoms with Gasteiger partial charge >= 0.3 is 5.97 Å². The topological polar surface area (TPSA) is 87.0 Å². The second kappa shape index (κ2) is 14.2. The van der Waals surface area contributed by atoms with Gasteiger partial charge in [-0.1, -0.05) is 55.1 Å². The van der Waals surface area contributed by atoms with E-state index in [1.807, 2.05) is 30.4 Å². The summed E-state index contributed by atoms with van der Waals surface area (Å²) in [5, 5.41) is 31.2. The van der Waals surface area contributed by atoms with E-state index in [9.17, 15) is 20.1 Å². The highest BCUT2D eigenvalue weighted by Crippen LogP contribution is 2.38. The van der Waals surface area contributed by atoms with Crippen molar-refractivity contribution in [3.63, 3.8) is 0 Å². The van der Waals surface area contributed by atoms with Crippen LogP contribution in [0.4, 0.5) is 0 Å². The molecule has 3 N–H and O–H groups in total. The molecule has 5 atom stereocenters. The van der Waals surface area contributed by atoms with Gasteiger partial charge in [-0.15, -0.1) is 0 Å². The minimum Gasteiger partial charge on any atom is -0.461 e. The highest BCUT2D eigenvalue weighted by Gasteiger charge is 2.40. The molecule has 31 heavy (non-hydrogen) atoms. The molecular formula is C26H38O5. The van der Waals surface area contributed by atoms with Gasteiger partial charge in [0, 0.05) is 6.42 Å². The Kier molecular flexibility index (Phi) is 11.6. The molecule has 0 bridgehead atoms. The van der Waals surface area contributed by atoms with Crippen molar-refractivity contribution < 1.29 is 24.9 Å². The molecule has 0 aromatic heterocycles. The second-order valence-corrected chi connectivity index (χ2v) is 8.52. The first-order valence-corrected chi connectivity index (χ1v) is 11.5. The highest BCUT2D eigenvalue weighted by molar-refractivity contribution is 5.69. The minimum absolute atomic E-state index is 0.0000867. The predicted molar refractivity (Wildman–Crippen MR) is 122 cm³/mol. The lowest BCUT2D eigenvalue weighted by atomic mass is 9.85. The largest absolute Gasteiger partial charge is 0.461 e. The van der Waals surface area contributed by atoms with E-state index in [0.717, 1.165) is 19.3 Å². The number of benzene rings is 1. The summed E-state index contributed by atoms with van der Waals surface area (Å²) < 4.78 is 4.95. The highest BCUT2D eigenvalue weighted by atomic mass is 16.5. The summed E-state index contributed by atoms with van der Waals surface area (Å²) in [6.45, 7) is 3.76. The van der Waals surface area contributed by atoms with E-state index in [0.29, 0.717) is 38.5 Å². The van der Waals surface area contributed by atoms with Crippen LogP contribution in [0.1, 0.15) is 56.9 Å². The summed E-state index contributed by atoms with van der Waals surface area (Å²) in [5.74, 6) is -0.210. The van der Waals surface area contributed by atoms with Crippen LogP contribution in [0.15, 0.2) is 55.1 Å². The lowest BCUT2D eigenvalue weighted by Crippen LogP contribution is -2.23. The molecule has 0 aliphatic heterocycles. The lowest BCUT2D eigenvalue weighted by Gasteiger charge is -2.23. The maximum Gasteiger partial charge on any atom is 0.306 e. The number of hydrogen-bond donors (Lipinski definition) is 3. The summed E-state index contributed by atoms with van der Waals surface area (Å²) >= 11 is 0. The van der Waals surface area contributed by atoms with Gasteiger partial charge in [0.05, 0.1) is 18.3 Å².